The second-order valence-corrected chi connectivity index (χ2v) is 6.91. The van der Waals surface area contributed by atoms with E-state index in [4.69, 9.17) is 9.47 Å². The number of benzene rings is 2. The molecule has 0 N–H and O–H groups in total. The maximum atomic E-state index is 12.8. The van der Waals surface area contributed by atoms with E-state index in [-0.39, 0.29) is 29.6 Å². The van der Waals surface area contributed by atoms with E-state index in [9.17, 15) is 9.59 Å². The number of para-hydroxylation sites is 2. The second-order valence-electron chi connectivity index (χ2n) is 6.91. The molecule has 5 nitrogen and oxygen atoms in total. The molecule has 0 aromatic heterocycles. The van der Waals surface area contributed by atoms with Crippen LogP contribution in [-0.2, 0) is 9.59 Å². The number of rotatable bonds is 4. The van der Waals surface area contributed by atoms with Gasteiger partial charge < -0.3 is 9.47 Å². The van der Waals surface area contributed by atoms with Crippen molar-refractivity contribution in [3.05, 3.63) is 60.7 Å². The summed E-state index contributed by atoms with van der Waals surface area (Å²) in [6, 6.07) is 14.4. The van der Waals surface area contributed by atoms with Gasteiger partial charge in [0.15, 0.2) is 11.5 Å². The summed E-state index contributed by atoms with van der Waals surface area (Å²) in [5, 5.41) is 0. The first-order chi connectivity index (χ1) is 13.1. The van der Waals surface area contributed by atoms with Crippen LogP contribution in [0.15, 0.2) is 60.7 Å². The topological polar surface area (TPSA) is 55.8 Å². The summed E-state index contributed by atoms with van der Waals surface area (Å²) in [6.45, 7) is 1.99. The highest BCUT2D eigenvalue weighted by atomic mass is 16.5. The highest BCUT2D eigenvalue weighted by Gasteiger charge is 2.50. The van der Waals surface area contributed by atoms with Crippen LogP contribution in [0.2, 0.25) is 0 Å². The van der Waals surface area contributed by atoms with Gasteiger partial charge in [-0.05, 0) is 48.7 Å². The Morgan fingerprint density at radius 2 is 1.67 bits per heavy atom. The number of hydrogen-bond donors (Lipinski definition) is 0. The van der Waals surface area contributed by atoms with E-state index in [0.717, 1.165) is 0 Å². The number of hydrogen-bond acceptors (Lipinski definition) is 4. The number of nitrogens with zero attached hydrogens (tertiary/aromatic N) is 1. The first-order valence-electron chi connectivity index (χ1n) is 9.05. The fourth-order valence-electron chi connectivity index (χ4n) is 3.90. The number of ether oxygens (including phenoxy) is 2. The van der Waals surface area contributed by atoms with Crippen molar-refractivity contribution in [1.29, 1.82) is 0 Å². The van der Waals surface area contributed by atoms with Crippen LogP contribution < -0.4 is 14.4 Å². The highest BCUT2D eigenvalue weighted by molar-refractivity contribution is 6.22. The average Bonchev–Trinajstić information content (AvgIpc) is 2.95. The Kier molecular flexibility index (Phi) is 4.44. The number of carbonyl (C=O) groups excluding carboxylic acids is 2. The molecule has 1 aliphatic heterocycles. The molecule has 0 radical (unpaired) electrons. The lowest BCUT2D eigenvalue weighted by molar-refractivity contribution is -0.122. The first-order valence-corrected chi connectivity index (χ1v) is 9.05. The molecule has 1 fully saturated rings. The summed E-state index contributed by atoms with van der Waals surface area (Å²) in [5.41, 5.74) is 0.582. The van der Waals surface area contributed by atoms with Crippen LogP contribution >= 0.6 is 0 Å². The fourth-order valence-corrected chi connectivity index (χ4v) is 3.90. The van der Waals surface area contributed by atoms with E-state index in [1.165, 1.54) is 4.90 Å². The molecule has 2 aromatic rings. The summed E-state index contributed by atoms with van der Waals surface area (Å²) in [5.74, 6) is 1.20. The van der Waals surface area contributed by atoms with Gasteiger partial charge in [-0.1, -0.05) is 31.2 Å². The molecular weight excluding hydrogens is 342 g/mol. The maximum Gasteiger partial charge on any atom is 0.238 e. The first kappa shape index (κ1) is 17.3. The maximum absolute atomic E-state index is 12.8. The Bertz CT molecular complexity index is 903. The minimum absolute atomic E-state index is 0.0818. The lowest BCUT2D eigenvalue weighted by Crippen LogP contribution is -2.31. The number of imide groups is 1. The molecule has 0 unspecified atom stereocenters. The molecule has 0 saturated carbocycles. The standard InChI is InChI=1S/C22H21NO4/c1-14-6-5-7-17-20(14)22(25)23(21(17)24)15-10-12-16(13-11-15)27-19-9-4-3-8-18(19)26-2/h3-6,8-14,17,20H,7H2,1-2H3/t14-,17+,20-/m1/s1. The highest BCUT2D eigenvalue weighted by Crippen LogP contribution is 2.41. The monoisotopic (exact) mass is 363 g/mol. The van der Waals surface area contributed by atoms with E-state index in [2.05, 4.69) is 0 Å². The van der Waals surface area contributed by atoms with E-state index < -0.39 is 0 Å². The van der Waals surface area contributed by atoms with Gasteiger partial charge in [-0.25, -0.2) is 0 Å². The van der Waals surface area contributed by atoms with Gasteiger partial charge in [-0.2, -0.15) is 0 Å². The molecule has 1 saturated heterocycles. The SMILES string of the molecule is COc1ccccc1Oc1ccc(N2C(=O)[C@@H]3[C@H](C)C=CC[C@@H]3C2=O)cc1. The van der Waals surface area contributed by atoms with E-state index in [1.54, 1.807) is 31.4 Å². The summed E-state index contributed by atoms with van der Waals surface area (Å²) >= 11 is 0. The van der Waals surface area contributed by atoms with Gasteiger partial charge in [0.05, 0.1) is 24.6 Å². The van der Waals surface area contributed by atoms with Gasteiger partial charge in [0, 0.05) is 0 Å². The van der Waals surface area contributed by atoms with E-state index in [0.29, 0.717) is 29.4 Å². The molecule has 138 valence electrons. The second kappa shape index (κ2) is 6.91. The zero-order chi connectivity index (χ0) is 19.0. The number of fused-ring (bicyclic) bond motifs is 1. The van der Waals surface area contributed by atoms with Crippen LogP contribution in [0.3, 0.4) is 0 Å². The predicted molar refractivity (Wildman–Crippen MR) is 102 cm³/mol. The minimum atomic E-state index is -0.257. The van der Waals surface area contributed by atoms with Crippen molar-refractivity contribution < 1.29 is 19.1 Å². The van der Waals surface area contributed by atoms with Crippen LogP contribution in [0.4, 0.5) is 5.69 Å². The zero-order valence-electron chi connectivity index (χ0n) is 15.3. The number of methoxy groups -OCH3 is 1. The normalized spacial score (nSPS) is 24.1. The summed E-state index contributed by atoms with van der Waals surface area (Å²) in [7, 11) is 1.59. The van der Waals surface area contributed by atoms with E-state index >= 15 is 0 Å². The smallest absolute Gasteiger partial charge is 0.238 e. The Hall–Kier alpha value is -3.08. The van der Waals surface area contributed by atoms with Crippen molar-refractivity contribution in [2.45, 2.75) is 13.3 Å². The quantitative estimate of drug-likeness (QED) is 0.604. The van der Waals surface area contributed by atoms with Crippen LogP contribution in [0.5, 0.6) is 17.2 Å². The Morgan fingerprint density at radius 3 is 2.33 bits per heavy atom. The number of carbonyl (C=O) groups is 2. The zero-order valence-corrected chi connectivity index (χ0v) is 15.3. The molecule has 2 aromatic carbocycles. The van der Waals surface area contributed by atoms with Crippen LogP contribution in [0.1, 0.15) is 13.3 Å². The third kappa shape index (κ3) is 2.99. The van der Waals surface area contributed by atoms with Gasteiger partial charge in [-0.15, -0.1) is 0 Å². The molecule has 0 spiro atoms. The lowest BCUT2D eigenvalue weighted by atomic mass is 9.78. The lowest BCUT2D eigenvalue weighted by Gasteiger charge is -2.22. The van der Waals surface area contributed by atoms with Gasteiger partial charge in [-0.3, -0.25) is 14.5 Å². The third-order valence-corrected chi connectivity index (χ3v) is 5.26. The summed E-state index contributed by atoms with van der Waals surface area (Å²) in [4.78, 5) is 26.9. The van der Waals surface area contributed by atoms with Crippen LogP contribution in [0.25, 0.3) is 0 Å². The Morgan fingerprint density at radius 1 is 0.963 bits per heavy atom. The van der Waals surface area contributed by atoms with Crippen molar-refractivity contribution in [2.24, 2.45) is 17.8 Å². The van der Waals surface area contributed by atoms with Crippen molar-refractivity contribution >= 4 is 17.5 Å². The molecule has 2 amide bonds. The number of allylic oxidation sites excluding steroid dienone is 2. The Labute approximate surface area is 158 Å². The minimum Gasteiger partial charge on any atom is -0.493 e. The van der Waals surface area contributed by atoms with Crippen molar-refractivity contribution in [2.75, 3.05) is 12.0 Å². The van der Waals surface area contributed by atoms with Crippen molar-refractivity contribution in [3.63, 3.8) is 0 Å². The summed E-state index contributed by atoms with van der Waals surface area (Å²) in [6.07, 6.45) is 4.66. The van der Waals surface area contributed by atoms with E-state index in [1.807, 2.05) is 43.3 Å². The number of anilines is 1. The third-order valence-electron chi connectivity index (χ3n) is 5.26. The summed E-state index contributed by atoms with van der Waals surface area (Å²) < 4.78 is 11.1. The van der Waals surface area contributed by atoms with Crippen LogP contribution in [-0.4, -0.2) is 18.9 Å². The molecule has 2 aliphatic rings. The largest absolute Gasteiger partial charge is 0.493 e. The van der Waals surface area contributed by atoms with Crippen LogP contribution in [0, 0.1) is 17.8 Å². The van der Waals surface area contributed by atoms with Gasteiger partial charge in [0.25, 0.3) is 0 Å². The van der Waals surface area contributed by atoms with Crippen molar-refractivity contribution in [1.82, 2.24) is 0 Å². The molecule has 1 heterocycles. The van der Waals surface area contributed by atoms with Crippen molar-refractivity contribution in [3.8, 4) is 17.2 Å². The molecule has 3 atom stereocenters. The molecule has 27 heavy (non-hydrogen) atoms. The average molecular weight is 363 g/mol. The van der Waals surface area contributed by atoms with Gasteiger partial charge in [0.1, 0.15) is 5.75 Å². The predicted octanol–water partition coefficient (Wildman–Crippen LogP) is 4.19. The fraction of sp³-hybridized carbons (Fsp3) is 0.273. The molecule has 4 rings (SSSR count). The Balaban J connectivity index is 1.56. The molecule has 0 bridgehead atoms. The van der Waals surface area contributed by atoms with Gasteiger partial charge >= 0.3 is 0 Å². The number of amides is 2. The molecular formula is C22H21NO4. The molecule has 5 heteroatoms. The molecule has 1 aliphatic carbocycles. The van der Waals surface area contributed by atoms with Gasteiger partial charge in [0.2, 0.25) is 11.8 Å².